The third-order valence-corrected chi connectivity index (χ3v) is 4.33. The third kappa shape index (κ3) is 2.59. The molecule has 3 rings (SSSR count). The van der Waals surface area contributed by atoms with Gasteiger partial charge in [0.1, 0.15) is 10.5 Å². The molecule has 0 spiro atoms. The molecule has 0 aliphatic rings. The van der Waals surface area contributed by atoms with Crippen molar-refractivity contribution in [2.75, 3.05) is 0 Å². The Morgan fingerprint density at radius 2 is 1.95 bits per heavy atom. The van der Waals surface area contributed by atoms with Crippen LogP contribution in [-0.2, 0) is 4.79 Å². The number of carbonyl (C=O) groups is 1. The molecule has 20 heavy (non-hydrogen) atoms. The first-order chi connectivity index (χ1) is 9.63. The van der Waals surface area contributed by atoms with E-state index in [9.17, 15) is 4.79 Å². The molecule has 0 saturated heterocycles. The summed E-state index contributed by atoms with van der Waals surface area (Å²) in [6.07, 6.45) is 0. The first-order valence-electron chi connectivity index (χ1n) is 5.97. The summed E-state index contributed by atoms with van der Waals surface area (Å²) in [5, 5.41) is 0.909. The highest BCUT2D eigenvalue weighted by Crippen LogP contribution is 2.35. The van der Waals surface area contributed by atoms with Gasteiger partial charge in [0.2, 0.25) is 0 Å². The largest absolute Gasteiger partial charge is 0.424 e. The van der Waals surface area contributed by atoms with Crippen LogP contribution in [0.5, 0.6) is 5.75 Å². The van der Waals surface area contributed by atoms with Gasteiger partial charge in [0.15, 0.2) is 5.75 Å². The predicted molar refractivity (Wildman–Crippen MR) is 84.1 cm³/mol. The molecule has 0 radical (unpaired) electrons. The van der Waals surface area contributed by atoms with Crippen LogP contribution in [0.4, 0.5) is 0 Å². The molecule has 0 saturated carbocycles. The van der Waals surface area contributed by atoms with Gasteiger partial charge in [-0.05, 0) is 24.3 Å². The van der Waals surface area contributed by atoms with E-state index in [1.54, 1.807) is 17.4 Å². The lowest BCUT2D eigenvalue weighted by molar-refractivity contribution is -0.131. The van der Waals surface area contributed by atoms with E-state index in [4.69, 9.17) is 4.74 Å². The van der Waals surface area contributed by atoms with Gasteiger partial charge >= 0.3 is 5.97 Å². The van der Waals surface area contributed by atoms with Crippen LogP contribution < -0.4 is 4.74 Å². The van der Waals surface area contributed by atoms with Crippen LogP contribution in [0.1, 0.15) is 6.92 Å². The van der Waals surface area contributed by atoms with Gasteiger partial charge in [0, 0.05) is 17.0 Å². The van der Waals surface area contributed by atoms with Crippen LogP contribution in [0.15, 0.2) is 46.9 Å². The second kappa shape index (κ2) is 5.34. The molecule has 1 aromatic heterocycles. The second-order valence-electron chi connectivity index (χ2n) is 4.22. The van der Waals surface area contributed by atoms with Gasteiger partial charge in [0.05, 0.1) is 4.70 Å². The van der Waals surface area contributed by atoms with Gasteiger partial charge in [-0.1, -0.05) is 34.1 Å². The van der Waals surface area contributed by atoms with Crippen LogP contribution in [0, 0.1) is 0 Å². The van der Waals surface area contributed by atoms with Gasteiger partial charge < -0.3 is 4.74 Å². The summed E-state index contributed by atoms with van der Waals surface area (Å²) in [6.45, 7) is 1.39. The minimum Gasteiger partial charge on any atom is -0.424 e. The Balaban J connectivity index is 2.10. The summed E-state index contributed by atoms with van der Waals surface area (Å²) in [7, 11) is 0. The molecule has 0 amide bonds. The number of ether oxygens (including phenoxy) is 1. The summed E-state index contributed by atoms with van der Waals surface area (Å²) in [5.74, 6) is 0.172. The number of aromatic nitrogens is 1. The minimum atomic E-state index is -0.337. The fourth-order valence-corrected chi connectivity index (χ4v) is 3.13. The van der Waals surface area contributed by atoms with Gasteiger partial charge in [-0.15, -0.1) is 11.3 Å². The Morgan fingerprint density at radius 3 is 2.65 bits per heavy atom. The molecule has 0 N–H and O–H groups in total. The zero-order chi connectivity index (χ0) is 14.1. The Kier molecular flexibility index (Phi) is 3.54. The maximum Gasteiger partial charge on any atom is 0.308 e. The molecule has 3 nitrogen and oxygen atoms in total. The maximum absolute atomic E-state index is 11.1. The monoisotopic (exact) mass is 347 g/mol. The topological polar surface area (TPSA) is 39.2 Å². The van der Waals surface area contributed by atoms with Crippen LogP contribution in [0.25, 0.3) is 20.8 Å². The van der Waals surface area contributed by atoms with Crippen LogP contribution in [0.2, 0.25) is 0 Å². The van der Waals surface area contributed by atoms with Crippen LogP contribution >= 0.6 is 27.3 Å². The van der Waals surface area contributed by atoms with Gasteiger partial charge in [-0.25, -0.2) is 4.98 Å². The molecular weight excluding hydrogens is 338 g/mol. The number of rotatable bonds is 2. The van der Waals surface area contributed by atoms with E-state index >= 15 is 0 Å². The van der Waals surface area contributed by atoms with Crippen LogP contribution in [0.3, 0.4) is 0 Å². The molecule has 0 unspecified atom stereocenters. The highest BCUT2D eigenvalue weighted by atomic mass is 79.9. The lowest BCUT2D eigenvalue weighted by Gasteiger charge is -2.00. The number of fused-ring (bicyclic) bond motifs is 1. The molecular formula is C15H10BrNO2S. The number of halogens is 1. The quantitative estimate of drug-likeness (QED) is 0.500. The maximum atomic E-state index is 11.1. The van der Waals surface area contributed by atoms with E-state index in [2.05, 4.69) is 20.9 Å². The average molecular weight is 348 g/mol. The molecule has 0 bridgehead atoms. The van der Waals surface area contributed by atoms with E-state index < -0.39 is 0 Å². The van der Waals surface area contributed by atoms with Crippen LogP contribution in [-0.4, -0.2) is 11.0 Å². The highest BCUT2D eigenvalue weighted by molar-refractivity contribution is 9.10. The van der Waals surface area contributed by atoms with E-state index in [0.717, 1.165) is 25.3 Å². The number of hydrogen-bond acceptors (Lipinski definition) is 4. The summed E-state index contributed by atoms with van der Waals surface area (Å²) in [6, 6.07) is 13.6. The number of para-hydroxylation sites is 1. The molecule has 0 atom stereocenters. The smallest absolute Gasteiger partial charge is 0.308 e. The first kappa shape index (κ1) is 13.3. The highest BCUT2D eigenvalue weighted by Gasteiger charge is 2.11. The summed E-state index contributed by atoms with van der Waals surface area (Å²) in [5.41, 5.74) is 1.77. The molecule has 0 aliphatic carbocycles. The lowest BCUT2D eigenvalue weighted by Crippen LogP contribution is -2.01. The van der Waals surface area contributed by atoms with Crippen molar-refractivity contribution in [2.24, 2.45) is 0 Å². The van der Waals surface area contributed by atoms with Crippen molar-refractivity contribution in [2.45, 2.75) is 6.92 Å². The Morgan fingerprint density at radius 1 is 1.20 bits per heavy atom. The standard InChI is InChI=1S/C15H10BrNO2S/c1-9(18)19-12-3-2-4-13-14(12)17-15(20-13)10-5-7-11(16)8-6-10/h2-8H,1H3. The SMILES string of the molecule is CC(=O)Oc1cccc2sc(-c3ccc(Br)cc3)nc12. The van der Waals surface area contributed by atoms with Crippen molar-refractivity contribution in [3.63, 3.8) is 0 Å². The molecule has 3 aromatic rings. The van der Waals surface area contributed by atoms with E-state index in [0.29, 0.717) is 5.75 Å². The average Bonchev–Trinajstić information content (AvgIpc) is 2.84. The predicted octanol–water partition coefficient (Wildman–Crippen LogP) is 4.65. The summed E-state index contributed by atoms with van der Waals surface area (Å²) >= 11 is 5.00. The van der Waals surface area contributed by atoms with Crippen molar-refractivity contribution in [1.29, 1.82) is 0 Å². The van der Waals surface area contributed by atoms with Crippen molar-refractivity contribution in [3.05, 3.63) is 46.9 Å². The number of esters is 1. The molecule has 0 aliphatic heterocycles. The Hall–Kier alpha value is -1.72. The second-order valence-corrected chi connectivity index (χ2v) is 6.17. The van der Waals surface area contributed by atoms with E-state index in [1.807, 2.05) is 36.4 Å². The molecule has 100 valence electrons. The number of hydrogen-bond donors (Lipinski definition) is 0. The van der Waals surface area contributed by atoms with E-state index in [1.165, 1.54) is 6.92 Å². The molecule has 5 heteroatoms. The first-order valence-corrected chi connectivity index (χ1v) is 7.58. The van der Waals surface area contributed by atoms with Crippen molar-refractivity contribution < 1.29 is 9.53 Å². The third-order valence-electron chi connectivity index (χ3n) is 2.73. The molecule has 0 fully saturated rings. The number of carbonyl (C=O) groups excluding carboxylic acids is 1. The summed E-state index contributed by atoms with van der Waals surface area (Å²) in [4.78, 5) is 15.7. The zero-order valence-electron chi connectivity index (χ0n) is 10.6. The Labute approximate surface area is 128 Å². The fraction of sp³-hybridized carbons (Fsp3) is 0.0667. The Bertz CT molecular complexity index is 780. The normalized spacial score (nSPS) is 10.7. The van der Waals surface area contributed by atoms with Crippen molar-refractivity contribution in [1.82, 2.24) is 4.98 Å². The van der Waals surface area contributed by atoms with Gasteiger partial charge in [-0.3, -0.25) is 4.79 Å². The van der Waals surface area contributed by atoms with Gasteiger partial charge in [-0.2, -0.15) is 0 Å². The zero-order valence-corrected chi connectivity index (χ0v) is 13.0. The number of benzene rings is 2. The summed E-state index contributed by atoms with van der Waals surface area (Å²) < 4.78 is 7.23. The van der Waals surface area contributed by atoms with E-state index in [-0.39, 0.29) is 5.97 Å². The van der Waals surface area contributed by atoms with Gasteiger partial charge in [0.25, 0.3) is 0 Å². The fourth-order valence-electron chi connectivity index (χ4n) is 1.88. The lowest BCUT2D eigenvalue weighted by atomic mass is 10.2. The number of thiazole rings is 1. The van der Waals surface area contributed by atoms with Crippen molar-refractivity contribution >= 4 is 43.5 Å². The minimum absolute atomic E-state index is 0.337. The molecule has 2 aromatic carbocycles. The molecule has 1 heterocycles. The van der Waals surface area contributed by atoms with Crippen molar-refractivity contribution in [3.8, 4) is 16.3 Å². The number of nitrogens with zero attached hydrogens (tertiary/aromatic N) is 1.